The predicted molar refractivity (Wildman–Crippen MR) is 254 cm³/mol. The van der Waals surface area contributed by atoms with Crippen molar-refractivity contribution in [3.63, 3.8) is 0 Å². The zero-order valence-electron chi connectivity index (χ0n) is 34.6. The molecule has 9 aromatic carbocycles. The molecule has 0 bridgehead atoms. The van der Waals surface area contributed by atoms with E-state index in [4.69, 9.17) is 11.4 Å². The Morgan fingerprint density at radius 3 is 0.574 bits per heavy atom. The highest BCUT2D eigenvalue weighted by atomic mass is 27.3. The van der Waals surface area contributed by atoms with Gasteiger partial charge in [-0.15, -0.1) is 0 Å². The van der Waals surface area contributed by atoms with Crippen LogP contribution in [-0.4, -0.2) is 15.1 Å². The van der Waals surface area contributed by atoms with Crippen LogP contribution >= 0.6 is 0 Å². The lowest BCUT2D eigenvalue weighted by Gasteiger charge is -2.26. The third-order valence-electron chi connectivity index (χ3n) is 10.9. The highest BCUT2D eigenvalue weighted by Gasteiger charge is 2.48. The summed E-state index contributed by atoms with van der Waals surface area (Å²) in [6.45, 7) is 6.42. The van der Waals surface area contributed by atoms with Crippen molar-refractivity contribution in [2.45, 2.75) is 20.8 Å². The number of hydrogen-bond donors (Lipinski definition) is 0. The molecule has 61 heavy (non-hydrogen) atoms. The number of benzene rings is 9. The number of rotatable bonds is 12. The van der Waals surface area contributed by atoms with Gasteiger partial charge in [0.05, 0.1) is 0 Å². The zero-order chi connectivity index (χ0) is 41.5. The quantitative estimate of drug-likeness (QED) is 0.115. The Kier molecular flexibility index (Phi) is 11.6. The van der Waals surface area contributed by atoms with E-state index in [2.05, 4.69) is 203 Å². The fourth-order valence-corrected chi connectivity index (χ4v) is 9.54. The largest absolute Gasteiger partial charge is 1.20 e. The van der Waals surface area contributed by atoms with Crippen LogP contribution in [0.1, 0.15) is 16.7 Å². The molecule has 0 aliphatic carbocycles. The fourth-order valence-electron chi connectivity index (χ4n) is 8.05. The molecule has 0 N–H and O–H groups in total. The molecular weight excluding hydrogens is 760 g/mol. The predicted octanol–water partition coefficient (Wildman–Crippen LogP) is 15.1. The fraction of sp³-hybridized carbons (Fsp3) is 0.0526. The molecule has 0 heterocycles. The van der Waals surface area contributed by atoms with Gasteiger partial charge in [0.1, 0.15) is 17.2 Å². The maximum absolute atomic E-state index is 7.57. The smallest absolute Gasteiger partial charge is 0.576 e. The van der Waals surface area contributed by atoms with Crippen LogP contribution in [0.5, 0.6) is 17.2 Å². The molecule has 0 aliphatic rings. The first-order valence-corrected chi connectivity index (χ1v) is 22.2. The maximum atomic E-state index is 7.57. The highest BCUT2D eigenvalue weighted by Crippen LogP contribution is 2.46. The Labute approximate surface area is 364 Å². The van der Waals surface area contributed by atoms with Crippen molar-refractivity contribution >= 4 is 15.1 Å². The molecule has 0 amide bonds. The van der Waals surface area contributed by atoms with Gasteiger partial charge >= 0.3 is 15.1 Å². The molecule has 3 nitrogen and oxygen atoms in total. The van der Waals surface area contributed by atoms with E-state index in [1.54, 1.807) is 0 Å². The Morgan fingerprint density at radius 1 is 0.246 bits per heavy atom. The maximum Gasteiger partial charge on any atom is 1.20 e. The van der Waals surface area contributed by atoms with Gasteiger partial charge in [0.15, 0.2) is 0 Å². The van der Waals surface area contributed by atoms with E-state index in [1.165, 1.54) is 0 Å². The number of aryl methyl sites for hydroxylation is 3. The van der Waals surface area contributed by atoms with Gasteiger partial charge in [-0.25, -0.2) is 0 Å². The van der Waals surface area contributed by atoms with Crippen LogP contribution in [0.3, 0.4) is 0 Å². The van der Waals surface area contributed by atoms with Gasteiger partial charge < -0.3 is 11.4 Å². The molecule has 0 aliphatic heterocycles. The molecule has 9 aromatic rings. The van der Waals surface area contributed by atoms with Crippen molar-refractivity contribution in [3.8, 4) is 84.0 Å². The summed E-state index contributed by atoms with van der Waals surface area (Å²) in [6, 6.07) is 76.0. The lowest BCUT2D eigenvalue weighted by molar-refractivity contribution is 0.310. The molecule has 0 saturated carbocycles. The zero-order valence-corrected chi connectivity index (χ0v) is 35.7. The van der Waals surface area contributed by atoms with Crippen molar-refractivity contribution < 1.29 is 11.4 Å². The van der Waals surface area contributed by atoms with Gasteiger partial charge in [-0.1, -0.05) is 182 Å². The molecule has 0 aromatic heterocycles. The SMILES string of the molecule is Cc1cc(-c2ccccc2)c([O][Al]([O]c2c(-c3ccccc3)cc(C)cc2-c2ccccc2)[O]c2c(-c3ccccc3)cc(C)cc2-c2ccccc2)c(-c2ccccc2)c1. The Morgan fingerprint density at radius 2 is 0.410 bits per heavy atom. The van der Waals surface area contributed by atoms with Gasteiger partial charge in [0, 0.05) is 33.4 Å². The van der Waals surface area contributed by atoms with Crippen LogP contribution in [0.2, 0.25) is 0 Å². The third-order valence-corrected chi connectivity index (χ3v) is 12.1. The summed E-state index contributed by atoms with van der Waals surface area (Å²) in [7, 11) is 0. The van der Waals surface area contributed by atoms with Crippen molar-refractivity contribution in [2.24, 2.45) is 0 Å². The second-order valence-electron chi connectivity index (χ2n) is 15.4. The second kappa shape index (κ2) is 18.0. The van der Waals surface area contributed by atoms with Crippen LogP contribution in [-0.2, 0) is 0 Å². The average molecular weight is 805 g/mol. The topological polar surface area (TPSA) is 27.7 Å². The van der Waals surface area contributed by atoms with Gasteiger partial charge in [-0.2, -0.15) is 0 Å². The first-order chi connectivity index (χ1) is 30.0. The van der Waals surface area contributed by atoms with Crippen LogP contribution in [0.4, 0.5) is 0 Å². The monoisotopic (exact) mass is 804 g/mol. The second-order valence-corrected chi connectivity index (χ2v) is 16.7. The minimum atomic E-state index is -3.37. The molecule has 294 valence electrons. The lowest BCUT2D eigenvalue weighted by atomic mass is 9.95. The van der Waals surface area contributed by atoms with Crippen molar-refractivity contribution in [3.05, 3.63) is 235 Å². The first-order valence-electron chi connectivity index (χ1n) is 20.7. The standard InChI is InChI=1S/3C19H16O.Al/c3*1-14-12-17(15-8-4-2-5-9-15)19(20)18(13-14)16-10-6-3-7-11-16;/h3*2-13,20H,1H3;/q;;;+3/p-3. The van der Waals surface area contributed by atoms with E-state index < -0.39 is 15.1 Å². The summed E-state index contributed by atoms with van der Waals surface area (Å²) in [5.41, 5.74) is 15.4. The van der Waals surface area contributed by atoms with Gasteiger partial charge in [-0.3, -0.25) is 0 Å². The summed E-state index contributed by atoms with van der Waals surface area (Å²) in [6.07, 6.45) is 0. The van der Waals surface area contributed by atoms with E-state index >= 15 is 0 Å². The third kappa shape index (κ3) is 8.79. The van der Waals surface area contributed by atoms with Gasteiger partial charge in [-0.05, 0) is 107 Å². The summed E-state index contributed by atoms with van der Waals surface area (Å²) < 4.78 is 22.7. The Bertz CT molecular complexity index is 2380. The molecule has 0 atom stereocenters. The van der Waals surface area contributed by atoms with Crippen LogP contribution in [0.25, 0.3) is 66.8 Å². The summed E-state index contributed by atoms with van der Waals surface area (Å²) in [4.78, 5) is 0. The lowest BCUT2D eigenvalue weighted by Crippen LogP contribution is -2.38. The first kappa shape index (κ1) is 39.4. The molecule has 0 unspecified atom stereocenters. The van der Waals surface area contributed by atoms with Crippen molar-refractivity contribution in [1.82, 2.24) is 0 Å². The van der Waals surface area contributed by atoms with Crippen LogP contribution in [0, 0.1) is 20.8 Å². The average Bonchev–Trinajstić information content (AvgIpc) is 3.31. The summed E-state index contributed by atoms with van der Waals surface area (Å²) in [5, 5.41) is 0. The molecule has 0 fully saturated rings. The van der Waals surface area contributed by atoms with Gasteiger partial charge in [0.25, 0.3) is 0 Å². The van der Waals surface area contributed by atoms with Crippen LogP contribution < -0.4 is 11.4 Å². The van der Waals surface area contributed by atoms with E-state index in [0.29, 0.717) is 17.2 Å². The van der Waals surface area contributed by atoms with Crippen molar-refractivity contribution in [2.75, 3.05) is 0 Å². The highest BCUT2D eigenvalue weighted by molar-refractivity contribution is 6.40. The van der Waals surface area contributed by atoms with Crippen LogP contribution in [0.15, 0.2) is 218 Å². The number of hydrogen-bond acceptors (Lipinski definition) is 3. The van der Waals surface area contributed by atoms with E-state index in [-0.39, 0.29) is 0 Å². The Hall–Kier alpha value is -7.09. The summed E-state index contributed by atoms with van der Waals surface area (Å²) in [5.74, 6) is 2.14. The van der Waals surface area contributed by atoms with E-state index in [0.717, 1.165) is 83.5 Å². The van der Waals surface area contributed by atoms with E-state index in [9.17, 15) is 0 Å². The molecule has 0 radical (unpaired) electrons. The molecular formula is C57H45AlO3. The molecule has 4 heteroatoms. The van der Waals surface area contributed by atoms with E-state index in [1.807, 2.05) is 36.4 Å². The minimum Gasteiger partial charge on any atom is -0.576 e. The van der Waals surface area contributed by atoms with Crippen molar-refractivity contribution in [1.29, 1.82) is 0 Å². The molecule has 9 rings (SSSR count). The summed E-state index contributed by atoms with van der Waals surface area (Å²) >= 11 is -3.37. The minimum absolute atomic E-state index is 0.712. The Balaban J connectivity index is 1.32. The molecule has 0 saturated heterocycles. The normalized spacial score (nSPS) is 10.9. The molecule has 0 spiro atoms. The van der Waals surface area contributed by atoms with Gasteiger partial charge in [0.2, 0.25) is 0 Å².